The van der Waals surface area contributed by atoms with Crippen molar-refractivity contribution in [3.05, 3.63) is 24.7 Å². The maximum Gasteiger partial charge on any atom is 0.410 e. The number of imidazole rings is 1. The number of carbonyl (C=O) groups is 4. The molecule has 1 amide bonds. The van der Waals surface area contributed by atoms with Crippen molar-refractivity contribution in [1.29, 1.82) is 0 Å². The van der Waals surface area contributed by atoms with Crippen LogP contribution in [0.3, 0.4) is 0 Å². The fourth-order valence-electron chi connectivity index (χ4n) is 10.1. The fraction of sp³-hybridized carbons (Fsp3) is 0.767. The molecule has 5 heterocycles. The van der Waals surface area contributed by atoms with E-state index >= 15 is 0 Å². The molecule has 2 aromatic heterocycles. The first-order chi connectivity index (χ1) is 26.2. The van der Waals surface area contributed by atoms with E-state index in [0.29, 0.717) is 44.3 Å². The Kier molecular flexibility index (Phi) is 13.1. The molecule has 0 saturated carbocycles. The van der Waals surface area contributed by atoms with E-state index < -0.39 is 77.4 Å². The Balaban J connectivity index is 1.49. The van der Waals surface area contributed by atoms with Crippen molar-refractivity contribution >= 4 is 34.8 Å². The summed E-state index contributed by atoms with van der Waals surface area (Å²) >= 11 is 0. The van der Waals surface area contributed by atoms with Gasteiger partial charge in [-0.05, 0) is 89.7 Å². The first-order valence-corrected chi connectivity index (χ1v) is 20.8. The molecule has 3 saturated heterocycles. The van der Waals surface area contributed by atoms with Crippen LogP contribution in [0.25, 0.3) is 11.2 Å². The van der Waals surface area contributed by atoms with Crippen LogP contribution in [0.5, 0.6) is 0 Å². The van der Waals surface area contributed by atoms with Gasteiger partial charge in [-0.3, -0.25) is 14.4 Å². The van der Waals surface area contributed by atoms with Gasteiger partial charge < -0.3 is 33.5 Å². The van der Waals surface area contributed by atoms with Crippen molar-refractivity contribution < 1.29 is 43.2 Å². The Morgan fingerprint density at radius 2 is 1.70 bits per heavy atom. The molecule has 5 rings (SSSR count). The van der Waals surface area contributed by atoms with Crippen molar-refractivity contribution in [1.82, 2.24) is 19.4 Å². The van der Waals surface area contributed by atoms with E-state index in [1.807, 2.05) is 67.5 Å². The number of hydrogen-bond donors (Lipinski definition) is 1. The Labute approximate surface area is 332 Å². The van der Waals surface area contributed by atoms with Gasteiger partial charge in [0.2, 0.25) is 0 Å². The predicted octanol–water partition coefficient (Wildman–Crippen LogP) is 6.87. The van der Waals surface area contributed by atoms with Crippen molar-refractivity contribution in [3.63, 3.8) is 0 Å². The number of carbonyl (C=O) groups excluding carboxylic acids is 4. The third-order valence-electron chi connectivity index (χ3n) is 13.1. The summed E-state index contributed by atoms with van der Waals surface area (Å²) in [5, 5.41) is 11.1. The molecule has 12 atom stereocenters. The number of fused-ring (bicyclic) bond motifs is 2. The number of pyridine rings is 1. The van der Waals surface area contributed by atoms with Gasteiger partial charge >= 0.3 is 12.1 Å². The number of esters is 1. The minimum atomic E-state index is -1.33. The molecule has 13 heteroatoms. The third kappa shape index (κ3) is 8.27. The van der Waals surface area contributed by atoms with Gasteiger partial charge in [0, 0.05) is 36.0 Å². The molecule has 0 radical (unpaired) electrons. The molecule has 0 aliphatic carbocycles. The Morgan fingerprint density at radius 3 is 2.36 bits per heavy atom. The summed E-state index contributed by atoms with van der Waals surface area (Å²) in [6.07, 6.45) is 2.00. The van der Waals surface area contributed by atoms with Gasteiger partial charge in [-0.25, -0.2) is 14.8 Å². The molecule has 3 aliphatic heterocycles. The average Bonchev–Trinajstić information content (AvgIpc) is 3.71. The van der Waals surface area contributed by atoms with Gasteiger partial charge in [-0.15, -0.1) is 0 Å². The van der Waals surface area contributed by atoms with Gasteiger partial charge in [0.25, 0.3) is 0 Å². The number of cyclic esters (lactones) is 1. The van der Waals surface area contributed by atoms with E-state index in [1.54, 1.807) is 31.3 Å². The highest BCUT2D eigenvalue weighted by atomic mass is 16.7. The van der Waals surface area contributed by atoms with Crippen LogP contribution in [-0.2, 0) is 38.9 Å². The van der Waals surface area contributed by atoms with Crippen LogP contribution < -0.4 is 0 Å². The monoisotopic (exact) mass is 782 g/mol. The highest BCUT2D eigenvalue weighted by Gasteiger charge is 2.61. The van der Waals surface area contributed by atoms with E-state index in [2.05, 4.69) is 28.4 Å². The number of ether oxygens (including phenoxy) is 4. The maximum absolute atomic E-state index is 14.8. The number of ketones is 2. The standard InChI is InChI=1S/C43H66N4O9/c1-13-31-43(14-2)35(46(40(52)56-43)20-16-18-42(11,12)47-23-45-37-30(47)17-15-19-44-37)27(6)32(48)25(4)22-41(9,10)36(28(7)34(50)29(8)38(51)54-31)55-39-33(49)24(3)21-26(5)53-39/h15,17,19,23-29,31,33,35-36,39,49H,13-14,16,18,20-22H2,1-12H3/t24-,25+,26+,27-,28-,29+,31+,33+,35+,36+,39?,43+/m0/s1. The van der Waals surface area contributed by atoms with Crippen molar-refractivity contribution in [3.8, 4) is 0 Å². The summed E-state index contributed by atoms with van der Waals surface area (Å²) in [6, 6.07) is 3.12. The second-order valence-corrected chi connectivity index (χ2v) is 18.3. The van der Waals surface area contributed by atoms with Crippen LogP contribution in [0.2, 0.25) is 0 Å². The summed E-state index contributed by atoms with van der Waals surface area (Å²) in [7, 11) is 0. The number of Topliss-reactive ketones (excluding diaryl/α,β-unsaturated/α-hetero) is 2. The lowest BCUT2D eigenvalue weighted by atomic mass is 9.68. The smallest absolute Gasteiger partial charge is 0.410 e. The van der Waals surface area contributed by atoms with Crippen LogP contribution in [0, 0.1) is 35.0 Å². The molecule has 3 aliphatic rings. The number of aliphatic hydroxyl groups is 1. The third-order valence-corrected chi connectivity index (χ3v) is 13.1. The lowest BCUT2D eigenvalue weighted by Crippen LogP contribution is -2.59. The molecule has 312 valence electrons. The van der Waals surface area contributed by atoms with Crippen LogP contribution in [0.4, 0.5) is 4.79 Å². The van der Waals surface area contributed by atoms with Crippen LogP contribution in [-0.4, -0.2) is 97.1 Å². The number of amides is 1. The summed E-state index contributed by atoms with van der Waals surface area (Å²) in [5.41, 5.74) is -0.923. The Morgan fingerprint density at radius 1 is 1.00 bits per heavy atom. The summed E-state index contributed by atoms with van der Waals surface area (Å²) in [5.74, 6) is -4.45. The lowest BCUT2D eigenvalue weighted by molar-refractivity contribution is -0.284. The molecule has 1 unspecified atom stereocenters. The molecule has 0 bridgehead atoms. The minimum Gasteiger partial charge on any atom is -0.457 e. The molecular formula is C43H66N4O9. The Hall–Kier alpha value is -3.42. The van der Waals surface area contributed by atoms with Gasteiger partial charge in [-0.1, -0.05) is 55.4 Å². The van der Waals surface area contributed by atoms with E-state index in [-0.39, 0.29) is 35.5 Å². The zero-order chi connectivity index (χ0) is 41.5. The number of aliphatic hydroxyl groups excluding tert-OH is 1. The summed E-state index contributed by atoms with van der Waals surface area (Å²) < 4.78 is 27.3. The highest BCUT2D eigenvalue weighted by Crippen LogP contribution is 2.46. The highest BCUT2D eigenvalue weighted by molar-refractivity contribution is 6.00. The quantitative estimate of drug-likeness (QED) is 0.209. The largest absolute Gasteiger partial charge is 0.457 e. The average molecular weight is 783 g/mol. The van der Waals surface area contributed by atoms with E-state index in [4.69, 9.17) is 18.9 Å². The SMILES string of the molecule is CC[C@H]1OC(=O)[C@H](C)C(=O)[C@H](C)[C@@H](OC2O[C@H](C)C[C@H](C)[C@H]2O)C(C)(C)C[C@@H](C)C(=O)[C@H](C)[C@H]2N(CCCC(C)(C)n3cnc4ncccc43)C(=O)O[C@]12CC. The molecule has 0 aromatic carbocycles. The van der Waals surface area contributed by atoms with Gasteiger partial charge in [-0.2, -0.15) is 0 Å². The molecule has 3 fully saturated rings. The molecule has 0 spiro atoms. The predicted molar refractivity (Wildman–Crippen MR) is 210 cm³/mol. The maximum atomic E-state index is 14.8. The Bertz CT molecular complexity index is 1740. The molecule has 56 heavy (non-hydrogen) atoms. The van der Waals surface area contributed by atoms with Crippen LogP contribution in [0.15, 0.2) is 24.7 Å². The van der Waals surface area contributed by atoms with Crippen molar-refractivity contribution in [2.45, 2.75) is 169 Å². The lowest BCUT2D eigenvalue weighted by Gasteiger charge is -2.46. The van der Waals surface area contributed by atoms with E-state index in [1.165, 1.54) is 0 Å². The summed E-state index contributed by atoms with van der Waals surface area (Å²) in [4.78, 5) is 67.6. The first kappa shape index (κ1) is 43.7. The first-order valence-electron chi connectivity index (χ1n) is 20.8. The zero-order valence-corrected chi connectivity index (χ0v) is 35.6. The van der Waals surface area contributed by atoms with Crippen molar-refractivity contribution in [2.24, 2.45) is 35.0 Å². The summed E-state index contributed by atoms with van der Waals surface area (Å²) in [6.45, 7) is 23.1. The number of nitrogens with zero attached hydrogens (tertiary/aromatic N) is 4. The molecular weight excluding hydrogens is 716 g/mol. The second kappa shape index (κ2) is 16.8. The van der Waals surface area contributed by atoms with E-state index in [9.17, 15) is 24.3 Å². The molecule has 1 N–H and O–H groups in total. The van der Waals surface area contributed by atoms with Crippen molar-refractivity contribution in [2.75, 3.05) is 6.54 Å². The zero-order valence-electron chi connectivity index (χ0n) is 35.6. The number of hydrogen-bond acceptors (Lipinski definition) is 11. The fourth-order valence-corrected chi connectivity index (χ4v) is 10.1. The van der Waals surface area contributed by atoms with Crippen LogP contribution >= 0.6 is 0 Å². The van der Waals surface area contributed by atoms with Gasteiger partial charge in [0.1, 0.15) is 23.9 Å². The molecule has 13 nitrogen and oxygen atoms in total. The normalized spacial score (nSPS) is 36.2. The second-order valence-electron chi connectivity index (χ2n) is 18.3. The van der Waals surface area contributed by atoms with E-state index in [0.717, 1.165) is 5.52 Å². The van der Waals surface area contributed by atoms with Gasteiger partial charge in [0.15, 0.2) is 23.3 Å². The number of rotatable bonds is 9. The van der Waals surface area contributed by atoms with Crippen LogP contribution in [0.1, 0.15) is 122 Å². The molecule has 2 aromatic rings. The topological polar surface area (TPSA) is 159 Å². The minimum absolute atomic E-state index is 0.0672. The number of aromatic nitrogens is 3. The van der Waals surface area contributed by atoms with Gasteiger partial charge in [0.05, 0.1) is 30.1 Å².